The van der Waals surface area contributed by atoms with E-state index in [1.807, 2.05) is 0 Å². The first-order valence-corrected chi connectivity index (χ1v) is 8.85. The van der Waals surface area contributed by atoms with E-state index < -0.39 is 23.3 Å². The summed E-state index contributed by atoms with van der Waals surface area (Å²) in [6.45, 7) is 3.51. The molecule has 0 bridgehead atoms. The van der Waals surface area contributed by atoms with E-state index in [9.17, 15) is 26.3 Å². The Balaban J connectivity index is 2.35. The Bertz CT molecular complexity index is 917. The van der Waals surface area contributed by atoms with E-state index in [2.05, 4.69) is 0 Å². The summed E-state index contributed by atoms with van der Waals surface area (Å²) < 4.78 is 83.1. The van der Waals surface area contributed by atoms with Crippen LogP contribution in [-0.4, -0.2) is 6.18 Å². The highest BCUT2D eigenvalue weighted by molar-refractivity contribution is 5.53. The number of halogens is 6. The number of rotatable bonds is 3. The molecular formula is C23H18F6. The average molecular weight is 408 g/mol. The fourth-order valence-corrected chi connectivity index (χ4v) is 3.51. The molecule has 0 unspecified atom stereocenters. The third-order valence-electron chi connectivity index (χ3n) is 5.04. The maximum Gasteiger partial charge on any atom is 0.416 e. The summed E-state index contributed by atoms with van der Waals surface area (Å²) >= 11 is 0. The van der Waals surface area contributed by atoms with E-state index in [1.54, 1.807) is 38.1 Å². The van der Waals surface area contributed by atoms with Crippen molar-refractivity contribution in [1.82, 2.24) is 0 Å². The number of hydrogen-bond acceptors (Lipinski definition) is 0. The lowest BCUT2D eigenvalue weighted by Gasteiger charge is -2.38. The summed E-state index contributed by atoms with van der Waals surface area (Å²) in [5.74, 6) is 0. The predicted molar refractivity (Wildman–Crippen MR) is 99.7 cm³/mol. The van der Waals surface area contributed by atoms with E-state index in [0.717, 1.165) is 23.3 Å². The predicted octanol–water partition coefficient (Wildman–Crippen LogP) is 7.22. The molecule has 0 N–H and O–H groups in total. The van der Waals surface area contributed by atoms with Crippen molar-refractivity contribution in [3.8, 4) is 0 Å². The van der Waals surface area contributed by atoms with Crippen LogP contribution in [0.2, 0.25) is 0 Å². The van der Waals surface area contributed by atoms with Gasteiger partial charge in [0.25, 0.3) is 0 Å². The van der Waals surface area contributed by atoms with Crippen LogP contribution in [0.5, 0.6) is 0 Å². The van der Waals surface area contributed by atoms with E-state index >= 15 is 0 Å². The molecule has 0 saturated carbocycles. The lowest BCUT2D eigenvalue weighted by molar-refractivity contribution is -0.166. The molecule has 3 aromatic rings. The van der Waals surface area contributed by atoms with Crippen molar-refractivity contribution in [2.45, 2.75) is 31.6 Å². The zero-order chi connectivity index (χ0) is 21.4. The first-order valence-electron chi connectivity index (χ1n) is 8.85. The molecule has 3 aromatic carbocycles. The van der Waals surface area contributed by atoms with Gasteiger partial charge in [0.15, 0.2) is 0 Å². The van der Waals surface area contributed by atoms with Crippen molar-refractivity contribution in [3.63, 3.8) is 0 Å². The van der Waals surface area contributed by atoms with Crippen LogP contribution in [0.1, 0.15) is 33.4 Å². The third kappa shape index (κ3) is 3.76. The Morgan fingerprint density at radius 3 is 1.00 bits per heavy atom. The summed E-state index contributed by atoms with van der Waals surface area (Å²) in [6.07, 6.45) is -9.43. The molecule has 0 saturated heterocycles. The molecule has 0 aliphatic carbocycles. The van der Waals surface area contributed by atoms with Crippen molar-refractivity contribution in [2.24, 2.45) is 0 Å². The zero-order valence-electron chi connectivity index (χ0n) is 15.7. The van der Waals surface area contributed by atoms with Crippen molar-refractivity contribution in [1.29, 1.82) is 0 Å². The minimum atomic E-state index is -4.79. The Morgan fingerprint density at radius 1 is 0.448 bits per heavy atom. The van der Waals surface area contributed by atoms with Crippen LogP contribution in [0.15, 0.2) is 72.8 Å². The molecule has 0 atom stereocenters. The highest BCUT2D eigenvalue weighted by Crippen LogP contribution is 2.51. The largest absolute Gasteiger partial charge is 0.416 e. The smallest absolute Gasteiger partial charge is 0.169 e. The van der Waals surface area contributed by atoms with Gasteiger partial charge in [-0.25, -0.2) is 0 Å². The zero-order valence-corrected chi connectivity index (χ0v) is 15.7. The van der Waals surface area contributed by atoms with Gasteiger partial charge in [-0.2, -0.15) is 26.3 Å². The lowest BCUT2D eigenvalue weighted by atomic mass is 9.68. The standard InChI is InChI=1S/C23H18F6/c1-15-3-7-17(8-4-15)21(23(27,28)29,18-9-5-16(2)6-10-18)19-11-13-20(14-12-19)22(24,25)26/h3-14H,1-2H3. The van der Waals surface area contributed by atoms with Gasteiger partial charge < -0.3 is 0 Å². The SMILES string of the molecule is Cc1ccc(C(c2ccc(C)cc2)(c2ccc(C(F)(F)F)cc2)C(F)(F)F)cc1. The maximum atomic E-state index is 14.7. The summed E-state index contributed by atoms with van der Waals surface area (Å²) in [4.78, 5) is 0. The van der Waals surface area contributed by atoms with Crippen molar-refractivity contribution >= 4 is 0 Å². The molecule has 0 heterocycles. The molecule has 6 heteroatoms. The van der Waals surface area contributed by atoms with E-state index in [0.29, 0.717) is 12.1 Å². The van der Waals surface area contributed by atoms with Crippen LogP contribution in [0.3, 0.4) is 0 Å². The molecule has 0 fully saturated rings. The van der Waals surface area contributed by atoms with Gasteiger partial charge in [0.05, 0.1) is 5.56 Å². The molecule has 0 radical (unpaired) electrons. The molecule has 3 rings (SSSR count). The van der Waals surface area contributed by atoms with Crippen LogP contribution in [0.25, 0.3) is 0 Å². The van der Waals surface area contributed by atoms with E-state index in [4.69, 9.17) is 0 Å². The Hall–Kier alpha value is -2.76. The first kappa shape index (κ1) is 21.0. The second-order valence-corrected chi connectivity index (χ2v) is 7.05. The summed E-state index contributed by atoms with van der Waals surface area (Å²) in [6, 6.07) is 15.0. The summed E-state index contributed by atoms with van der Waals surface area (Å²) in [7, 11) is 0. The molecular weight excluding hydrogens is 390 g/mol. The van der Waals surface area contributed by atoms with E-state index in [1.165, 1.54) is 24.3 Å². The quantitative estimate of drug-likeness (QED) is 0.317. The summed E-state index contributed by atoms with van der Waals surface area (Å²) in [5.41, 5.74) is -2.42. The van der Waals surface area contributed by atoms with Crippen LogP contribution in [-0.2, 0) is 11.6 Å². The molecule has 0 amide bonds. The van der Waals surface area contributed by atoms with Gasteiger partial charge in [0, 0.05) is 0 Å². The fourth-order valence-electron chi connectivity index (χ4n) is 3.51. The first-order chi connectivity index (χ1) is 13.5. The lowest BCUT2D eigenvalue weighted by Crippen LogP contribution is -2.44. The van der Waals surface area contributed by atoms with Gasteiger partial charge in [-0.3, -0.25) is 0 Å². The molecule has 29 heavy (non-hydrogen) atoms. The molecule has 0 aliphatic heterocycles. The van der Waals surface area contributed by atoms with Crippen molar-refractivity contribution < 1.29 is 26.3 Å². The Kier molecular flexibility index (Phi) is 5.24. The van der Waals surface area contributed by atoms with Crippen molar-refractivity contribution in [3.05, 3.63) is 106 Å². The van der Waals surface area contributed by atoms with Gasteiger partial charge in [0.2, 0.25) is 0 Å². The van der Waals surface area contributed by atoms with Gasteiger partial charge in [-0.15, -0.1) is 0 Å². The second kappa shape index (κ2) is 7.25. The minimum absolute atomic E-state index is 0.0563. The van der Waals surface area contributed by atoms with Crippen molar-refractivity contribution in [2.75, 3.05) is 0 Å². The van der Waals surface area contributed by atoms with Gasteiger partial charge in [-0.1, -0.05) is 71.8 Å². The Morgan fingerprint density at radius 2 is 0.724 bits per heavy atom. The highest BCUT2D eigenvalue weighted by Gasteiger charge is 2.58. The van der Waals surface area contributed by atoms with Gasteiger partial charge >= 0.3 is 12.4 Å². The van der Waals surface area contributed by atoms with Gasteiger partial charge in [-0.05, 0) is 42.7 Å². The molecule has 0 aliphatic rings. The molecule has 0 aromatic heterocycles. The Labute approximate surface area is 164 Å². The monoisotopic (exact) mass is 408 g/mol. The highest BCUT2D eigenvalue weighted by atomic mass is 19.4. The molecule has 0 spiro atoms. The minimum Gasteiger partial charge on any atom is -0.169 e. The van der Waals surface area contributed by atoms with Crippen LogP contribution < -0.4 is 0 Å². The van der Waals surface area contributed by atoms with Gasteiger partial charge in [0.1, 0.15) is 5.41 Å². The normalized spacial score (nSPS) is 12.8. The molecule has 0 nitrogen and oxygen atoms in total. The third-order valence-corrected chi connectivity index (χ3v) is 5.04. The second-order valence-electron chi connectivity index (χ2n) is 7.05. The number of hydrogen-bond donors (Lipinski definition) is 0. The maximum absolute atomic E-state index is 14.7. The fraction of sp³-hybridized carbons (Fsp3) is 0.217. The number of alkyl halides is 6. The summed E-state index contributed by atoms with van der Waals surface area (Å²) in [5, 5.41) is 0. The van der Waals surface area contributed by atoms with Crippen LogP contribution in [0.4, 0.5) is 26.3 Å². The molecule has 152 valence electrons. The average Bonchev–Trinajstić information content (AvgIpc) is 2.64. The number of benzene rings is 3. The number of aryl methyl sites for hydroxylation is 2. The topological polar surface area (TPSA) is 0 Å². The van der Waals surface area contributed by atoms with Crippen LogP contribution >= 0.6 is 0 Å². The van der Waals surface area contributed by atoms with Crippen LogP contribution in [0, 0.1) is 13.8 Å². The van der Waals surface area contributed by atoms with E-state index in [-0.39, 0.29) is 16.7 Å².